The van der Waals surface area contributed by atoms with Crippen molar-refractivity contribution in [2.45, 2.75) is 46.3 Å². The summed E-state index contributed by atoms with van der Waals surface area (Å²) in [6.45, 7) is 8.07. The molecule has 0 aliphatic rings. The van der Waals surface area contributed by atoms with Crippen molar-refractivity contribution < 1.29 is 9.53 Å². The minimum atomic E-state index is -0.501. The molecule has 0 saturated carbocycles. The van der Waals surface area contributed by atoms with Gasteiger partial charge in [0.25, 0.3) is 5.56 Å². The molecule has 1 aromatic carbocycles. The van der Waals surface area contributed by atoms with Crippen molar-refractivity contribution in [3.63, 3.8) is 0 Å². The van der Waals surface area contributed by atoms with E-state index in [1.165, 1.54) is 20.5 Å². The highest BCUT2D eigenvalue weighted by molar-refractivity contribution is 7.17. The number of thiophene rings is 1. The largest absolute Gasteiger partial charge is 0.494 e. The maximum Gasteiger partial charge on any atom is 0.332 e. The molecule has 29 heavy (non-hydrogen) atoms. The molecule has 3 rings (SSSR count). The molecular formula is C21H25N3O4S. The lowest BCUT2D eigenvalue weighted by atomic mass is 10.1. The molecule has 0 spiro atoms. The van der Waals surface area contributed by atoms with Crippen LogP contribution >= 0.6 is 11.3 Å². The van der Waals surface area contributed by atoms with Gasteiger partial charge in [-0.1, -0.05) is 12.1 Å². The number of fused-ring (bicyclic) bond motifs is 1. The molecule has 1 N–H and O–H groups in total. The summed E-state index contributed by atoms with van der Waals surface area (Å²) in [4.78, 5) is 38.4. The van der Waals surface area contributed by atoms with E-state index in [1.54, 1.807) is 11.4 Å². The second-order valence-electron chi connectivity index (χ2n) is 7.77. The van der Waals surface area contributed by atoms with Crippen LogP contribution in [0.3, 0.4) is 0 Å². The molecule has 1 amide bonds. The molecule has 0 aliphatic heterocycles. The van der Waals surface area contributed by atoms with Gasteiger partial charge in [-0.25, -0.2) is 4.79 Å². The summed E-state index contributed by atoms with van der Waals surface area (Å²) >= 11 is 1.27. The lowest BCUT2D eigenvalue weighted by Crippen LogP contribution is -2.46. The molecule has 7 nitrogen and oxygen atoms in total. The van der Waals surface area contributed by atoms with Crippen LogP contribution in [-0.4, -0.2) is 27.2 Å². The summed E-state index contributed by atoms with van der Waals surface area (Å²) in [5.74, 6) is 0.451. The second kappa shape index (κ2) is 8.24. The van der Waals surface area contributed by atoms with E-state index < -0.39 is 11.2 Å². The monoisotopic (exact) mass is 415 g/mol. The SMILES string of the molecule is CCOc1ccc(Cn2c(=O)c3sccc3n(CC(=O)NC(C)(C)C)c2=O)cc1. The molecule has 2 heterocycles. The Kier molecular flexibility index (Phi) is 5.93. The van der Waals surface area contributed by atoms with Gasteiger partial charge in [0.15, 0.2) is 0 Å². The minimum Gasteiger partial charge on any atom is -0.494 e. The van der Waals surface area contributed by atoms with Crippen LogP contribution < -0.4 is 21.3 Å². The molecule has 0 radical (unpaired) electrons. The summed E-state index contributed by atoms with van der Waals surface area (Å²) < 4.78 is 8.43. The molecule has 8 heteroatoms. The number of amides is 1. The smallest absolute Gasteiger partial charge is 0.332 e. The first-order valence-electron chi connectivity index (χ1n) is 9.43. The highest BCUT2D eigenvalue weighted by Gasteiger charge is 2.19. The second-order valence-corrected chi connectivity index (χ2v) is 8.69. The Morgan fingerprint density at radius 3 is 2.41 bits per heavy atom. The van der Waals surface area contributed by atoms with Crippen molar-refractivity contribution in [3.05, 3.63) is 62.1 Å². The number of aromatic nitrogens is 2. The normalized spacial score (nSPS) is 11.6. The fourth-order valence-corrected chi connectivity index (χ4v) is 3.91. The van der Waals surface area contributed by atoms with Crippen LogP contribution in [0.2, 0.25) is 0 Å². The van der Waals surface area contributed by atoms with Gasteiger partial charge in [-0.2, -0.15) is 0 Å². The van der Waals surface area contributed by atoms with Crippen molar-refractivity contribution in [2.75, 3.05) is 6.61 Å². The quantitative estimate of drug-likeness (QED) is 0.671. The van der Waals surface area contributed by atoms with Crippen LogP contribution in [0.5, 0.6) is 5.75 Å². The van der Waals surface area contributed by atoms with Gasteiger partial charge in [-0.15, -0.1) is 11.3 Å². The van der Waals surface area contributed by atoms with E-state index in [2.05, 4.69) is 5.32 Å². The number of ether oxygens (including phenoxy) is 1. The molecule has 2 aromatic heterocycles. The average molecular weight is 416 g/mol. The first-order valence-corrected chi connectivity index (χ1v) is 10.3. The maximum absolute atomic E-state index is 13.1. The van der Waals surface area contributed by atoms with E-state index in [0.717, 1.165) is 11.3 Å². The predicted octanol–water partition coefficient (Wildman–Crippen LogP) is 2.59. The fourth-order valence-electron chi connectivity index (χ4n) is 3.07. The van der Waals surface area contributed by atoms with Gasteiger partial charge in [0.2, 0.25) is 5.91 Å². The zero-order valence-corrected chi connectivity index (χ0v) is 17.8. The summed E-state index contributed by atoms with van der Waals surface area (Å²) in [6.07, 6.45) is 0. The standard InChI is InChI=1S/C21H25N3O4S/c1-5-28-15-8-6-14(7-9-15)12-24-19(26)18-16(10-11-29-18)23(20(24)27)13-17(25)22-21(2,3)4/h6-11H,5,12-13H2,1-4H3,(H,22,25). The molecule has 0 fully saturated rings. The first-order chi connectivity index (χ1) is 13.7. The van der Waals surface area contributed by atoms with Crippen LogP contribution in [0.15, 0.2) is 45.3 Å². The number of hydrogen-bond donors (Lipinski definition) is 1. The molecular weight excluding hydrogens is 390 g/mol. The molecule has 0 atom stereocenters. The van der Waals surface area contributed by atoms with Gasteiger partial charge in [0, 0.05) is 5.54 Å². The number of benzene rings is 1. The Morgan fingerprint density at radius 2 is 1.79 bits per heavy atom. The maximum atomic E-state index is 13.1. The third-order valence-corrected chi connectivity index (χ3v) is 5.12. The van der Waals surface area contributed by atoms with Crippen LogP contribution in [0.1, 0.15) is 33.3 Å². The van der Waals surface area contributed by atoms with Crippen LogP contribution in [0, 0.1) is 0 Å². The van der Waals surface area contributed by atoms with E-state index in [4.69, 9.17) is 4.74 Å². The van der Waals surface area contributed by atoms with Gasteiger partial charge in [0.05, 0.1) is 18.7 Å². The van der Waals surface area contributed by atoms with E-state index in [0.29, 0.717) is 16.8 Å². The van der Waals surface area contributed by atoms with Crippen LogP contribution in [0.25, 0.3) is 10.2 Å². The van der Waals surface area contributed by atoms with E-state index >= 15 is 0 Å². The number of hydrogen-bond acceptors (Lipinski definition) is 5. The molecule has 0 bridgehead atoms. The van der Waals surface area contributed by atoms with E-state index in [1.807, 2.05) is 52.0 Å². The van der Waals surface area contributed by atoms with Gasteiger partial charge in [0.1, 0.15) is 17.0 Å². The van der Waals surface area contributed by atoms with Crippen molar-refractivity contribution in [2.24, 2.45) is 0 Å². The van der Waals surface area contributed by atoms with Crippen molar-refractivity contribution in [1.82, 2.24) is 14.5 Å². The lowest BCUT2D eigenvalue weighted by Gasteiger charge is -2.21. The van der Waals surface area contributed by atoms with Crippen molar-refractivity contribution in [3.8, 4) is 5.75 Å². The van der Waals surface area contributed by atoms with Crippen molar-refractivity contribution >= 4 is 27.5 Å². The van der Waals surface area contributed by atoms with Gasteiger partial charge >= 0.3 is 5.69 Å². The number of nitrogens with zero attached hydrogens (tertiary/aromatic N) is 2. The Labute approximate surface area is 172 Å². The van der Waals surface area contributed by atoms with Gasteiger partial charge in [-0.05, 0) is 56.8 Å². The number of carbonyl (C=O) groups excluding carboxylic acids is 1. The summed E-state index contributed by atoms with van der Waals surface area (Å²) in [6, 6.07) is 8.97. The third kappa shape index (κ3) is 4.76. The summed E-state index contributed by atoms with van der Waals surface area (Å²) in [7, 11) is 0. The highest BCUT2D eigenvalue weighted by Crippen LogP contribution is 2.16. The predicted molar refractivity (Wildman–Crippen MR) is 115 cm³/mol. The molecule has 0 saturated heterocycles. The van der Waals surface area contributed by atoms with Crippen LogP contribution in [0.4, 0.5) is 0 Å². The third-order valence-electron chi connectivity index (χ3n) is 4.23. The molecule has 0 aliphatic carbocycles. The highest BCUT2D eigenvalue weighted by atomic mass is 32.1. The Bertz CT molecular complexity index is 1130. The fraction of sp³-hybridized carbons (Fsp3) is 0.381. The summed E-state index contributed by atoms with van der Waals surface area (Å²) in [5.41, 5.74) is 0.0250. The minimum absolute atomic E-state index is 0.124. The first kappa shape index (κ1) is 20.9. The Morgan fingerprint density at radius 1 is 1.10 bits per heavy atom. The van der Waals surface area contributed by atoms with Gasteiger partial charge in [-0.3, -0.25) is 18.7 Å². The van der Waals surface area contributed by atoms with Gasteiger partial charge < -0.3 is 10.1 Å². The lowest BCUT2D eigenvalue weighted by molar-refractivity contribution is -0.123. The molecule has 3 aromatic rings. The van der Waals surface area contributed by atoms with E-state index in [9.17, 15) is 14.4 Å². The van der Waals surface area contributed by atoms with Crippen molar-refractivity contribution in [1.29, 1.82) is 0 Å². The topological polar surface area (TPSA) is 82.3 Å². The zero-order valence-electron chi connectivity index (χ0n) is 17.0. The Balaban J connectivity index is 2.00. The Hall–Kier alpha value is -2.87. The van der Waals surface area contributed by atoms with E-state index in [-0.39, 0.29) is 24.6 Å². The molecule has 0 unspecified atom stereocenters. The van der Waals surface area contributed by atoms with Crippen LogP contribution in [-0.2, 0) is 17.9 Å². The zero-order chi connectivity index (χ0) is 21.2. The number of carbonyl (C=O) groups is 1. The average Bonchev–Trinajstić information content (AvgIpc) is 3.12. The number of nitrogens with one attached hydrogen (secondary N) is 1. The number of rotatable bonds is 6. The summed E-state index contributed by atoms with van der Waals surface area (Å²) in [5, 5.41) is 4.61. The molecule has 154 valence electrons.